The van der Waals surface area contributed by atoms with Crippen LogP contribution in [0.25, 0.3) is 0 Å². The van der Waals surface area contributed by atoms with E-state index in [1.165, 1.54) is 56.5 Å². The van der Waals surface area contributed by atoms with Gasteiger partial charge in [0, 0.05) is 18.0 Å². The van der Waals surface area contributed by atoms with Crippen molar-refractivity contribution >= 4 is 0 Å². The largest absolute Gasteiger partial charge is 0.469 e. The lowest BCUT2D eigenvalue weighted by atomic mass is 9.91. The van der Waals surface area contributed by atoms with Gasteiger partial charge in [0.1, 0.15) is 5.76 Å². The van der Waals surface area contributed by atoms with Gasteiger partial charge in [0.2, 0.25) is 0 Å². The van der Waals surface area contributed by atoms with Crippen LogP contribution in [0.15, 0.2) is 16.7 Å². The van der Waals surface area contributed by atoms with Gasteiger partial charge in [-0.05, 0) is 70.8 Å². The van der Waals surface area contributed by atoms with Crippen molar-refractivity contribution in [3.8, 4) is 0 Å². The van der Waals surface area contributed by atoms with Gasteiger partial charge in [-0.3, -0.25) is 0 Å². The Kier molecular flexibility index (Phi) is 4.24. The van der Waals surface area contributed by atoms with Gasteiger partial charge in [-0.25, -0.2) is 0 Å². The van der Waals surface area contributed by atoms with E-state index >= 15 is 0 Å². The Morgan fingerprint density at radius 3 is 3.00 bits per heavy atom. The standard InChI is InChI=1S/C16H26N2O/c1-18-10-6-13(7-11-18)5-9-17-15-3-2-4-16-14(15)8-12-19-16/h8,12-13,15,17H,2-7,9-11H2,1H3. The van der Waals surface area contributed by atoms with E-state index in [9.17, 15) is 0 Å². The molecule has 0 saturated carbocycles. The summed E-state index contributed by atoms with van der Waals surface area (Å²) in [5, 5.41) is 3.75. The predicted octanol–water partition coefficient (Wildman–Crippen LogP) is 2.98. The molecule has 19 heavy (non-hydrogen) atoms. The van der Waals surface area contributed by atoms with E-state index in [-0.39, 0.29) is 0 Å². The average Bonchev–Trinajstić information content (AvgIpc) is 2.90. The minimum Gasteiger partial charge on any atom is -0.469 e. The van der Waals surface area contributed by atoms with Crippen molar-refractivity contribution < 1.29 is 4.42 Å². The van der Waals surface area contributed by atoms with E-state index in [2.05, 4.69) is 23.3 Å². The average molecular weight is 262 g/mol. The molecule has 1 aromatic heterocycles. The summed E-state index contributed by atoms with van der Waals surface area (Å²) in [7, 11) is 2.23. The molecule has 3 heteroatoms. The van der Waals surface area contributed by atoms with Crippen LogP contribution in [0.3, 0.4) is 0 Å². The minimum absolute atomic E-state index is 0.536. The van der Waals surface area contributed by atoms with Crippen LogP contribution in [0, 0.1) is 5.92 Å². The number of aryl methyl sites for hydroxylation is 1. The van der Waals surface area contributed by atoms with E-state index in [0.29, 0.717) is 6.04 Å². The van der Waals surface area contributed by atoms with Crippen LogP contribution in [-0.4, -0.2) is 31.6 Å². The molecule has 1 aromatic rings. The zero-order chi connectivity index (χ0) is 13.1. The normalized spacial score (nSPS) is 25.4. The van der Waals surface area contributed by atoms with Crippen molar-refractivity contribution in [2.24, 2.45) is 5.92 Å². The maximum atomic E-state index is 5.55. The first-order valence-electron chi connectivity index (χ1n) is 7.81. The molecule has 1 fully saturated rings. The molecule has 0 radical (unpaired) electrons. The number of rotatable bonds is 4. The molecular formula is C16H26N2O. The van der Waals surface area contributed by atoms with Gasteiger partial charge in [-0.1, -0.05) is 0 Å². The molecule has 1 aliphatic heterocycles. The second kappa shape index (κ2) is 6.10. The fourth-order valence-electron chi connectivity index (χ4n) is 3.51. The Morgan fingerprint density at radius 1 is 1.32 bits per heavy atom. The first-order chi connectivity index (χ1) is 9.33. The molecule has 3 nitrogen and oxygen atoms in total. The first-order valence-corrected chi connectivity index (χ1v) is 7.81. The second-order valence-corrected chi connectivity index (χ2v) is 6.23. The summed E-state index contributed by atoms with van der Waals surface area (Å²) >= 11 is 0. The molecular weight excluding hydrogens is 236 g/mol. The van der Waals surface area contributed by atoms with Crippen LogP contribution in [0.4, 0.5) is 0 Å². The third kappa shape index (κ3) is 3.21. The van der Waals surface area contributed by atoms with E-state index in [1.807, 2.05) is 6.26 Å². The maximum Gasteiger partial charge on any atom is 0.108 e. The number of likely N-dealkylation sites (tertiary alicyclic amines) is 1. The number of hydrogen-bond acceptors (Lipinski definition) is 3. The smallest absolute Gasteiger partial charge is 0.108 e. The van der Waals surface area contributed by atoms with E-state index in [1.54, 1.807) is 0 Å². The zero-order valence-corrected chi connectivity index (χ0v) is 12.0. The zero-order valence-electron chi connectivity index (χ0n) is 12.0. The number of furan rings is 1. The molecule has 0 bridgehead atoms. The number of piperidine rings is 1. The molecule has 1 N–H and O–H groups in total. The maximum absolute atomic E-state index is 5.55. The van der Waals surface area contributed by atoms with Crippen molar-refractivity contribution in [1.29, 1.82) is 0 Å². The van der Waals surface area contributed by atoms with Gasteiger partial charge < -0.3 is 14.6 Å². The van der Waals surface area contributed by atoms with E-state index in [0.717, 1.165) is 18.9 Å². The quantitative estimate of drug-likeness (QED) is 0.904. The second-order valence-electron chi connectivity index (χ2n) is 6.23. The van der Waals surface area contributed by atoms with Crippen LogP contribution in [0.2, 0.25) is 0 Å². The van der Waals surface area contributed by atoms with Crippen LogP contribution >= 0.6 is 0 Å². The fraction of sp³-hybridized carbons (Fsp3) is 0.750. The highest BCUT2D eigenvalue weighted by Gasteiger charge is 2.22. The summed E-state index contributed by atoms with van der Waals surface area (Å²) in [4.78, 5) is 2.45. The van der Waals surface area contributed by atoms with Crippen LogP contribution < -0.4 is 5.32 Å². The lowest BCUT2D eigenvalue weighted by Gasteiger charge is -2.30. The van der Waals surface area contributed by atoms with Gasteiger partial charge in [0.25, 0.3) is 0 Å². The summed E-state index contributed by atoms with van der Waals surface area (Å²) in [5.74, 6) is 2.14. The molecule has 1 saturated heterocycles. The Balaban J connectivity index is 1.44. The van der Waals surface area contributed by atoms with Crippen molar-refractivity contribution in [2.75, 3.05) is 26.7 Å². The van der Waals surface area contributed by atoms with Gasteiger partial charge in [-0.15, -0.1) is 0 Å². The lowest BCUT2D eigenvalue weighted by Crippen LogP contribution is -2.32. The Morgan fingerprint density at radius 2 is 2.16 bits per heavy atom. The molecule has 1 atom stereocenters. The van der Waals surface area contributed by atoms with Gasteiger partial charge in [0.15, 0.2) is 0 Å². The Bertz CT molecular complexity index is 393. The van der Waals surface area contributed by atoms with E-state index < -0.39 is 0 Å². The first kappa shape index (κ1) is 13.2. The van der Waals surface area contributed by atoms with E-state index in [4.69, 9.17) is 4.42 Å². The fourth-order valence-corrected chi connectivity index (χ4v) is 3.51. The van der Waals surface area contributed by atoms with Crippen molar-refractivity contribution in [3.63, 3.8) is 0 Å². The summed E-state index contributed by atoms with van der Waals surface area (Å²) in [6.07, 6.45) is 9.57. The van der Waals surface area contributed by atoms with Crippen molar-refractivity contribution in [1.82, 2.24) is 10.2 Å². The van der Waals surface area contributed by atoms with Crippen molar-refractivity contribution in [3.05, 3.63) is 23.7 Å². The van der Waals surface area contributed by atoms with Gasteiger partial charge in [-0.2, -0.15) is 0 Å². The third-order valence-corrected chi connectivity index (χ3v) is 4.83. The molecule has 1 aliphatic carbocycles. The molecule has 1 unspecified atom stereocenters. The molecule has 2 aliphatic rings. The number of fused-ring (bicyclic) bond motifs is 1. The van der Waals surface area contributed by atoms with Gasteiger partial charge >= 0.3 is 0 Å². The van der Waals surface area contributed by atoms with Crippen LogP contribution in [-0.2, 0) is 6.42 Å². The monoisotopic (exact) mass is 262 g/mol. The van der Waals surface area contributed by atoms with Gasteiger partial charge in [0.05, 0.1) is 6.26 Å². The SMILES string of the molecule is CN1CCC(CCNC2CCCc3occc32)CC1. The molecule has 0 spiro atoms. The molecule has 2 heterocycles. The molecule has 3 rings (SSSR count). The van der Waals surface area contributed by atoms with Crippen molar-refractivity contribution in [2.45, 2.75) is 44.6 Å². The minimum atomic E-state index is 0.536. The third-order valence-electron chi connectivity index (χ3n) is 4.83. The topological polar surface area (TPSA) is 28.4 Å². The molecule has 106 valence electrons. The number of nitrogens with one attached hydrogen (secondary N) is 1. The molecule has 0 amide bonds. The van der Waals surface area contributed by atoms with Crippen LogP contribution in [0.5, 0.6) is 0 Å². The Hall–Kier alpha value is -0.800. The highest BCUT2D eigenvalue weighted by molar-refractivity contribution is 5.23. The predicted molar refractivity (Wildman–Crippen MR) is 77.2 cm³/mol. The highest BCUT2D eigenvalue weighted by Crippen LogP contribution is 2.30. The summed E-state index contributed by atoms with van der Waals surface area (Å²) in [6, 6.07) is 2.69. The number of hydrogen-bond donors (Lipinski definition) is 1. The molecule has 0 aromatic carbocycles. The van der Waals surface area contributed by atoms with Crippen LogP contribution in [0.1, 0.15) is 49.5 Å². The number of nitrogens with zero attached hydrogens (tertiary/aromatic N) is 1. The highest BCUT2D eigenvalue weighted by atomic mass is 16.3. The Labute approximate surface area is 116 Å². The summed E-state index contributed by atoms with van der Waals surface area (Å²) in [6.45, 7) is 3.71. The lowest BCUT2D eigenvalue weighted by molar-refractivity contribution is 0.210. The summed E-state index contributed by atoms with van der Waals surface area (Å²) < 4.78 is 5.55. The summed E-state index contributed by atoms with van der Waals surface area (Å²) in [5.41, 5.74) is 1.41.